The Hall–Kier alpha value is -3.44. The van der Waals surface area contributed by atoms with Gasteiger partial charge in [-0.3, -0.25) is 9.59 Å². The third kappa shape index (κ3) is 7.58. The van der Waals surface area contributed by atoms with E-state index in [1.54, 1.807) is 19.2 Å². The topological polar surface area (TPSA) is 181 Å². The van der Waals surface area contributed by atoms with Crippen LogP contribution in [0.3, 0.4) is 0 Å². The zero-order chi connectivity index (χ0) is 24.4. The van der Waals surface area contributed by atoms with E-state index in [2.05, 4.69) is 26.6 Å². The number of rotatable bonds is 13. The summed E-state index contributed by atoms with van der Waals surface area (Å²) < 4.78 is 11.4. The summed E-state index contributed by atoms with van der Waals surface area (Å²) in [5, 5.41) is 6.37. The molecular formula is C22H29BrN6O4. The smallest absolute Gasteiger partial charge is 0.248 e. The molecule has 2 aromatic carbocycles. The predicted octanol–water partition coefficient (Wildman–Crippen LogP) is 2.31. The predicted molar refractivity (Wildman–Crippen MR) is 135 cm³/mol. The van der Waals surface area contributed by atoms with E-state index in [0.29, 0.717) is 71.3 Å². The molecule has 10 nitrogen and oxygen atoms in total. The van der Waals surface area contributed by atoms with Crippen molar-refractivity contribution in [2.45, 2.75) is 6.42 Å². The van der Waals surface area contributed by atoms with Gasteiger partial charge in [-0.2, -0.15) is 0 Å². The lowest BCUT2D eigenvalue weighted by atomic mass is 10.1. The first-order chi connectivity index (χ1) is 15.7. The lowest BCUT2D eigenvalue weighted by Crippen LogP contribution is -2.14. The maximum absolute atomic E-state index is 11.6. The molecule has 11 heteroatoms. The SMILES string of the molecule is COCCCOc1cc(C(N)=O)cc(N)c1NCC=CCNc1c(N)cc(C(N)=O)cc1Br. The number of hydrogen-bond acceptors (Lipinski definition) is 8. The Morgan fingerprint density at radius 1 is 0.909 bits per heavy atom. The Kier molecular flexibility index (Phi) is 9.83. The second-order valence-corrected chi connectivity index (χ2v) is 7.87. The average molecular weight is 521 g/mol. The number of primary amides is 2. The van der Waals surface area contributed by atoms with Crippen molar-refractivity contribution in [3.8, 4) is 5.75 Å². The van der Waals surface area contributed by atoms with Crippen LogP contribution in [0.2, 0.25) is 0 Å². The summed E-state index contributed by atoms with van der Waals surface area (Å²) in [5.74, 6) is -0.696. The molecule has 0 unspecified atom stereocenters. The molecule has 0 bridgehead atoms. The van der Waals surface area contributed by atoms with Crippen LogP contribution in [0.4, 0.5) is 22.7 Å². The molecule has 0 atom stereocenters. The molecule has 2 aromatic rings. The number of carbonyl (C=O) groups excluding carboxylic acids is 2. The van der Waals surface area contributed by atoms with E-state index in [1.165, 1.54) is 12.1 Å². The summed E-state index contributed by atoms with van der Waals surface area (Å²) in [4.78, 5) is 22.9. The first kappa shape index (κ1) is 25.8. The number of carbonyl (C=O) groups is 2. The quantitative estimate of drug-likeness (QED) is 0.132. The second kappa shape index (κ2) is 12.6. The highest BCUT2D eigenvalue weighted by Gasteiger charge is 2.13. The Morgan fingerprint density at radius 3 is 2.00 bits per heavy atom. The molecule has 2 amide bonds. The summed E-state index contributed by atoms with van der Waals surface area (Å²) in [6.07, 6.45) is 4.47. The third-order valence-corrected chi connectivity index (χ3v) is 5.16. The number of amides is 2. The monoisotopic (exact) mass is 520 g/mol. The molecule has 0 spiro atoms. The van der Waals surface area contributed by atoms with Crippen LogP contribution in [0.25, 0.3) is 0 Å². The fourth-order valence-electron chi connectivity index (χ4n) is 2.91. The highest BCUT2D eigenvalue weighted by molar-refractivity contribution is 9.10. The summed E-state index contributed by atoms with van der Waals surface area (Å²) >= 11 is 3.39. The van der Waals surface area contributed by atoms with Gasteiger partial charge < -0.3 is 43.0 Å². The lowest BCUT2D eigenvalue weighted by Gasteiger charge is -2.16. The third-order valence-electron chi connectivity index (χ3n) is 4.53. The molecular weight excluding hydrogens is 492 g/mol. The fourth-order valence-corrected chi connectivity index (χ4v) is 3.53. The number of nitrogens with two attached hydrogens (primary N) is 4. The molecule has 0 saturated carbocycles. The number of nitrogen functional groups attached to an aromatic ring is 2. The number of methoxy groups -OCH3 is 1. The molecule has 10 N–H and O–H groups in total. The maximum Gasteiger partial charge on any atom is 0.248 e. The van der Waals surface area contributed by atoms with Crippen molar-refractivity contribution < 1.29 is 19.1 Å². The van der Waals surface area contributed by atoms with Crippen LogP contribution in [-0.2, 0) is 4.74 Å². The van der Waals surface area contributed by atoms with Gasteiger partial charge in [0, 0.05) is 48.8 Å². The maximum atomic E-state index is 11.6. The number of anilines is 4. The zero-order valence-corrected chi connectivity index (χ0v) is 19.9. The van der Waals surface area contributed by atoms with E-state index < -0.39 is 11.8 Å². The number of nitrogens with one attached hydrogen (secondary N) is 2. The van der Waals surface area contributed by atoms with Crippen LogP contribution < -0.4 is 38.3 Å². The summed E-state index contributed by atoms with van der Waals surface area (Å²) in [6, 6.07) is 6.20. The largest absolute Gasteiger partial charge is 0.491 e. The minimum absolute atomic E-state index is 0.269. The molecule has 0 aliphatic carbocycles. The molecule has 0 aromatic heterocycles. The highest BCUT2D eigenvalue weighted by atomic mass is 79.9. The van der Waals surface area contributed by atoms with Crippen molar-refractivity contribution in [2.75, 3.05) is 55.5 Å². The van der Waals surface area contributed by atoms with Gasteiger partial charge in [0.2, 0.25) is 11.8 Å². The van der Waals surface area contributed by atoms with Gasteiger partial charge in [-0.1, -0.05) is 12.2 Å². The number of hydrogen-bond donors (Lipinski definition) is 6. The minimum atomic E-state index is -0.588. The van der Waals surface area contributed by atoms with Crippen molar-refractivity contribution in [3.63, 3.8) is 0 Å². The van der Waals surface area contributed by atoms with Crippen molar-refractivity contribution in [1.82, 2.24) is 0 Å². The van der Waals surface area contributed by atoms with Gasteiger partial charge in [0.15, 0.2) is 0 Å². The molecule has 178 valence electrons. The molecule has 0 saturated heterocycles. The molecule has 0 radical (unpaired) electrons. The molecule has 0 fully saturated rings. The van der Waals surface area contributed by atoms with Crippen molar-refractivity contribution in [2.24, 2.45) is 11.5 Å². The van der Waals surface area contributed by atoms with Crippen molar-refractivity contribution in [1.29, 1.82) is 0 Å². The standard InChI is InChI=1S/C22H29BrN6O4/c1-32-7-4-8-33-18-12-14(22(27)31)11-17(25)20(18)29-6-3-2-5-28-19-15(23)9-13(21(26)30)10-16(19)24/h2-3,9-12,28-29H,4-8,24-25H2,1H3,(H2,26,30)(H2,27,31). The van der Waals surface area contributed by atoms with Gasteiger partial charge in [0.1, 0.15) is 11.4 Å². The molecule has 0 aliphatic heterocycles. The summed E-state index contributed by atoms with van der Waals surface area (Å²) in [5.41, 5.74) is 25.4. The van der Waals surface area contributed by atoms with E-state index in [-0.39, 0.29) is 5.56 Å². The van der Waals surface area contributed by atoms with Crippen molar-refractivity contribution >= 4 is 50.5 Å². The van der Waals surface area contributed by atoms with Gasteiger partial charge >= 0.3 is 0 Å². The van der Waals surface area contributed by atoms with Gasteiger partial charge in [-0.05, 0) is 40.2 Å². The van der Waals surface area contributed by atoms with Gasteiger partial charge in [0.05, 0.1) is 23.7 Å². The number of halogens is 1. The average Bonchev–Trinajstić information content (AvgIpc) is 2.75. The molecule has 2 rings (SSSR count). The lowest BCUT2D eigenvalue weighted by molar-refractivity contribution is 0.0991. The summed E-state index contributed by atoms with van der Waals surface area (Å²) in [7, 11) is 1.61. The van der Waals surface area contributed by atoms with E-state index >= 15 is 0 Å². The Labute approximate surface area is 200 Å². The van der Waals surface area contributed by atoms with Crippen LogP contribution in [0.5, 0.6) is 5.75 Å². The normalized spacial score (nSPS) is 10.8. The first-order valence-corrected chi connectivity index (χ1v) is 10.9. The molecule has 33 heavy (non-hydrogen) atoms. The second-order valence-electron chi connectivity index (χ2n) is 7.02. The Morgan fingerprint density at radius 2 is 1.45 bits per heavy atom. The van der Waals surface area contributed by atoms with Crippen molar-refractivity contribution in [3.05, 3.63) is 52.0 Å². The highest BCUT2D eigenvalue weighted by Crippen LogP contribution is 2.33. The van der Waals surface area contributed by atoms with Crippen LogP contribution in [0.15, 0.2) is 40.9 Å². The van der Waals surface area contributed by atoms with Crippen LogP contribution in [0.1, 0.15) is 27.1 Å². The first-order valence-electron chi connectivity index (χ1n) is 10.1. The Bertz CT molecular complexity index is 1010. The van der Waals surface area contributed by atoms with E-state index in [4.69, 9.17) is 32.4 Å². The van der Waals surface area contributed by atoms with Gasteiger partial charge in [-0.25, -0.2) is 0 Å². The molecule has 0 aliphatic rings. The van der Waals surface area contributed by atoms with Crippen LogP contribution in [-0.4, -0.2) is 45.2 Å². The summed E-state index contributed by atoms with van der Waals surface area (Å²) in [6.45, 7) is 1.88. The minimum Gasteiger partial charge on any atom is -0.491 e. The molecule has 0 heterocycles. The number of ether oxygens (including phenoxy) is 2. The van der Waals surface area contributed by atoms with E-state index in [0.717, 1.165) is 0 Å². The van der Waals surface area contributed by atoms with Gasteiger partial charge in [0.25, 0.3) is 0 Å². The Balaban J connectivity index is 1.99. The van der Waals surface area contributed by atoms with Crippen LogP contribution >= 0.6 is 15.9 Å². The number of benzene rings is 2. The van der Waals surface area contributed by atoms with E-state index in [1.807, 2.05) is 12.2 Å². The fraction of sp³-hybridized carbons (Fsp3) is 0.273. The van der Waals surface area contributed by atoms with Crippen LogP contribution in [0, 0.1) is 0 Å². The van der Waals surface area contributed by atoms with Gasteiger partial charge in [-0.15, -0.1) is 0 Å². The zero-order valence-electron chi connectivity index (χ0n) is 18.3. The van der Waals surface area contributed by atoms with E-state index in [9.17, 15) is 9.59 Å².